The van der Waals surface area contributed by atoms with Gasteiger partial charge in [0.05, 0.1) is 0 Å². The van der Waals surface area contributed by atoms with Crippen LogP contribution >= 0.6 is 11.6 Å². The number of rotatable bonds is 7. The number of benzene rings is 2. The average molecular weight is 360 g/mol. The van der Waals surface area contributed by atoms with Crippen molar-refractivity contribution < 1.29 is 4.74 Å². The van der Waals surface area contributed by atoms with Crippen molar-refractivity contribution in [2.24, 2.45) is 5.41 Å². The summed E-state index contributed by atoms with van der Waals surface area (Å²) in [6.45, 7) is 12.8. The van der Waals surface area contributed by atoms with Crippen molar-refractivity contribution in [2.75, 3.05) is 0 Å². The zero-order chi connectivity index (χ0) is 18.5. The van der Waals surface area contributed by atoms with Crippen LogP contribution in [0.4, 0.5) is 0 Å². The molecule has 0 heterocycles. The van der Waals surface area contributed by atoms with Crippen LogP contribution in [0, 0.1) is 5.41 Å². The van der Waals surface area contributed by atoms with Gasteiger partial charge in [-0.05, 0) is 61.1 Å². The van der Waals surface area contributed by atoms with Gasteiger partial charge < -0.3 is 10.1 Å². The van der Waals surface area contributed by atoms with Crippen LogP contribution in [0.1, 0.15) is 52.2 Å². The molecule has 0 saturated heterocycles. The van der Waals surface area contributed by atoms with Gasteiger partial charge in [0.2, 0.25) is 0 Å². The van der Waals surface area contributed by atoms with E-state index in [1.807, 2.05) is 36.4 Å². The zero-order valence-electron chi connectivity index (χ0n) is 16.0. The van der Waals surface area contributed by atoms with Crippen LogP contribution in [-0.4, -0.2) is 5.54 Å². The fourth-order valence-electron chi connectivity index (χ4n) is 3.23. The number of halogens is 1. The first kappa shape index (κ1) is 19.8. The molecule has 25 heavy (non-hydrogen) atoms. The Bertz CT molecular complexity index is 671. The molecule has 0 unspecified atom stereocenters. The topological polar surface area (TPSA) is 21.3 Å². The van der Waals surface area contributed by atoms with Gasteiger partial charge in [-0.2, -0.15) is 0 Å². The van der Waals surface area contributed by atoms with Crippen LogP contribution in [0.25, 0.3) is 0 Å². The standard InChI is InChI=1S/C22H30ClNO/c1-21(2,3)16-22(4,5)24-14-17-9-11-20(12-10-17)25-15-18-7-6-8-19(23)13-18/h6-13,24H,14-16H2,1-5H3. The summed E-state index contributed by atoms with van der Waals surface area (Å²) < 4.78 is 5.83. The van der Waals surface area contributed by atoms with Crippen LogP contribution in [0.15, 0.2) is 48.5 Å². The van der Waals surface area contributed by atoms with Crippen molar-refractivity contribution in [2.45, 2.75) is 59.7 Å². The number of ether oxygens (including phenoxy) is 1. The molecular formula is C22H30ClNO. The van der Waals surface area contributed by atoms with Gasteiger partial charge in [0.25, 0.3) is 0 Å². The van der Waals surface area contributed by atoms with Crippen molar-refractivity contribution in [3.63, 3.8) is 0 Å². The van der Waals surface area contributed by atoms with E-state index in [0.717, 1.165) is 29.3 Å². The summed E-state index contributed by atoms with van der Waals surface area (Å²) >= 11 is 6.00. The van der Waals surface area contributed by atoms with E-state index in [1.54, 1.807) is 0 Å². The van der Waals surface area contributed by atoms with Crippen molar-refractivity contribution in [1.29, 1.82) is 0 Å². The molecule has 136 valence electrons. The first-order valence-corrected chi connectivity index (χ1v) is 9.22. The molecule has 0 radical (unpaired) electrons. The highest BCUT2D eigenvalue weighted by atomic mass is 35.5. The molecule has 2 aromatic rings. The molecular weight excluding hydrogens is 330 g/mol. The third-order valence-electron chi connectivity index (χ3n) is 3.96. The van der Waals surface area contributed by atoms with E-state index >= 15 is 0 Å². The molecule has 2 aromatic carbocycles. The van der Waals surface area contributed by atoms with Gasteiger partial charge in [0.1, 0.15) is 12.4 Å². The Morgan fingerprint density at radius 1 is 0.920 bits per heavy atom. The predicted molar refractivity (Wildman–Crippen MR) is 107 cm³/mol. The van der Waals surface area contributed by atoms with Gasteiger partial charge in [-0.25, -0.2) is 0 Å². The van der Waals surface area contributed by atoms with E-state index in [-0.39, 0.29) is 5.54 Å². The summed E-state index contributed by atoms with van der Waals surface area (Å²) in [5.41, 5.74) is 2.76. The molecule has 0 amide bonds. The molecule has 0 aliphatic rings. The van der Waals surface area contributed by atoms with E-state index < -0.39 is 0 Å². The van der Waals surface area contributed by atoms with Gasteiger partial charge in [-0.15, -0.1) is 0 Å². The van der Waals surface area contributed by atoms with Crippen LogP contribution in [0.5, 0.6) is 5.75 Å². The Hall–Kier alpha value is -1.51. The fraction of sp³-hybridized carbons (Fsp3) is 0.455. The largest absolute Gasteiger partial charge is 0.489 e. The smallest absolute Gasteiger partial charge is 0.119 e. The predicted octanol–water partition coefficient (Wildman–Crippen LogP) is 6.22. The fourth-order valence-corrected chi connectivity index (χ4v) is 3.44. The lowest BCUT2D eigenvalue weighted by atomic mass is 9.82. The third-order valence-corrected chi connectivity index (χ3v) is 4.20. The second-order valence-electron chi connectivity index (χ2n) is 8.54. The summed E-state index contributed by atoms with van der Waals surface area (Å²) in [5, 5.41) is 4.40. The van der Waals surface area contributed by atoms with Gasteiger partial charge in [-0.3, -0.25) is 0 Å². The highest BCUT2D eigenvalue weighted by Gasteiger charge is 2.24. The van der Waals surface area contributed by atoms with E-state index in [1.165, 1.54) is 5.56 Å². The van der Waals surface area contributed by atoms with Crippen molar-refractivity contribution >= 4 is 11.6 Å². The van der Waals surface area contributed by atoms with Crippen molar-refractivity contribution in [3.05, 3.63) is 64.7 Å². The van der Waals surface area contributed by atoms with Gasteiger partial charge in [-0.1, -0.05) is 56.6 Å². The summed E-state index contributed by atoms with van der Waals surface area (Å²) in [4.78, 5) is 0. The average Bonchev–Trinajstić information content (AvgIpc) is 2.50. The lowest BCUT2D eigenvalue weighted by Gasteiger charge is -2.33. The minimum atomic E-state index is 0.111. The van der Waals surface area contributed by atoms with Gasteiger partial charge >= 0.3 is 0 Å². The Kier molecular flexibility index (Phi) is 6.53. The molecule has 0 aliphatic carbocycles. The highest BCUT2D eigenvalue weighted by molar-refractivity contribution is 6.30. The van der Waals surface area contributed by atoms with Crippen LogP contribution < -0.4 is 10.1 Å². The molecule has 0 fully saturated rings. The van der Waals surface area contributed by atoms with Crippen LogP contribution in [-0.2, 0) is 13.2 Å². The summed E-state index contributed by atoms with van der Waals surface area (Å²) in [7, 11) is 0. The molecule has 0 aliphatic heterocycles. The quantitative estimate of drug-likeness (QED) is 0.633. The first-order chi connectivity index (χ1) is 11.6. The van der Waals surface area contributed by atoms with Crippen molar-refractivity contribution in [1.82, 2.24) is 5.32 Å². The Labute approximate surface area is 157 Å². The molecule has 2 rings (SSSR count). The monoisotopic (exact) mass is 359 g/mol. The summed E-state index contributed by atoms with van der Waals surface area (Å²) in [5.74, 6) is 0.873. The molecule has 0 saturated carbocycles. The SMILES string of the molecule is CC(C)(C)CC(C)(C)NCc1ccc(OCc2cccc(Cl)c2)cc1. The van der Waals surface area contributed by atoms with E-state index in [2.05, 4.69) is 52.1 Å². The number of nitrogens with one attached hydrogen (secondary N) is 1. The molecule has 2 nitrogen and oxygen atoms in total. The maximum absolute atomic E-state index is 6.00. The van der Waals surface area contributed by atoms with E-state index in [4.69, 9.17) is 16.3 Å². The molecule has 0 aromatic heterocycles. The lowest BCUT2D eigenvalue weighted by Crippen LogP contribution is -2.41. The molecule has 0 bridgehead atoms. The second-order valence-corrected chi connectivity index (χ2v) is 8.97. The molecule has 3 heteroatoms. The third kappa shape index (κ3) is 7.50. The van der Waals surface area contributed by atoms with Crippen LogP contribution in [0.2, 0.25) is 5.02 Å². The van der Waals surface area contributed by atoms with Gasteiger partial charge in [0.15, 0.2) is 0 Å². The number of hydrogen-bond acceptors (Lipinski definition) is 2. The minimum Gasteiger partial charge on any atom is -0.489 e. The lowest BCUT2D eigenvalue weighted by molar-refractivity contribution is 0.240. The van der Waals surface area contributed by atoms with E-state index in [9.17, 15) is 0 Å². The molecule has 1 N–H and O–H groups in total. The number of hydrogen-bond donors (Lipinski definition) is 1. The Morgan fingerprint density at radius 3 is 2.20 bits per heavy atom. The Morgan fingerprint density at radius 2 is 1.60 bits per heavy atom. The minimum absolute atomic E-state index is 0.111. The molecule has 0 atom stereocenters. The normalized spacial score (nSPS) is 12.2. The maximum atomic E-state index is 6.00. The van der Waals surface area contributed by atoms with Crippen molar-refractivity contribution in [3.8, 4) is 5.75 Å². The summed E-state index contributed by atoms with van der Waals surface area (Å²) in [6, 6.07) is 16.0. The van der Waals surface area contributed by atoms with Gasteiger partial charge in [0, 0.05) is 17.1 Å². The summed E-state index contributed by atoms with van der Waals surface area (Å²) in [6.07, 6.45) is 1.13. The highest BCUT2D eigenvalue weighted by Crippen LogP contribution is 2.27. The first-order valence-electron chi connectivity index (χ1n) is 8.84. The van der Waals surface area contributed by atoms with E-state index in [0.29, 0.717) is 12.0 Å². The second kappa shape index (κ2) is 8.25. The maximum Gasteiger partial charge on any atom is 0.119 e. The zero-order valence-corrected chi connectivity index (χ0v) is 16.8. The molecule has 0 spiro atoms. The Balaban J connectivity index is 1.85. The van der Waals surface area contributed by atoms with Crippen LogP contribution in [0.3, 0.4) is 0 Å².